The molecule has 22 heavy (non-hydrogen) atoms. The summed E-state index contributed by atoms with van der Waals surface area (Å²) < 4.78 is 6.17. The monoisotopic (exact) mass is 302 g/mol. The highest BCUT2D eigenvalue weighted by Crippen LogP contribution is 2.42. The molecule has 5 aromatic rings. The van der Waals surface area contributed by atoms with Crippen LogP contribution in [0.2, 0.25) is 5.02 Å². The van der Waals surface area contributed by atoms with Crippen LogP contribution < -0.4 is 0 Å². The molecule has 0 saturated heterocycles. The first-order valence-electron chi connectivity index (χ1n) is 7.25. The molecule has 0 saturated carbocycles. The van der Waals surface area contributed by atoms with Gasteiger partial charge < -0.3 is 4.42 Å². The Hall–Kier alpha value is -2.51. The number of fused-ring (bicyclic) bond motifs is 8. The minimum Gasteiger partial charge on any atom is -0.455 e. The summed E-state index contributed by atoms with van der Waals surface area (Å²) in [5, 5.41) is 7.55. The van der Waals surface area contributed by atoms with Crippen molar-refractivity contribution in [1.82, 2.24) is 0 Å². The Kier molecular flexibility index (Phi) is 2.33. The maximum absolute atomic E-state index is 6.50. The van der Waals surface area contributed by atoms with Gasteiger partial charge in [0.2, 0.25) is 0 Å². The fourth-order valence-electron chi connectivity index (χ4n) is 3.40. The molecule has 1 nitrogen and oxygen atoms in total. The zero-order chi connectivity index (χ0) is 14.7. The lowest BCUT2D eigenvalue weighted by Crippen LogP contribution is -1.81. The Morgan fingerprint density at radius 2 is 1.23 bits per heavy atom. The van der Waals surface area contributed by atoms with Gasteiger partial charge in [-0.1, -0.05) is 66.2 Å². The Morgan fingerprint density at radius 1 is 0.591 bits per heavy atom. The van der Waals surface area contributed by atoms with Crippen LogP contribution in [0.4, 0.5) is 0 Å². The molecule has 0 fully saturated rings. The van der Waals surface area contributed by atoms with Gasteiger partial charge in [-0.3, -0.25) is 0 Å². The standard InChI is InChI=1S/C20H11ClO/c21-16-10-5-9-14-12-6-1-2-7-13(12)18-15-8-3-4-11-17(15)22-20(18)19(14)16/h1-11H. The molecule has 0 aliphatic carbocycles. The molecule has 2 heteroatoms. The second kappa shape index (κ2) is 4.25. The van der Waals surface area contributed by atoms with Crippen LogP contribution in [0.15, 0.2) is 71.1 Å². The third-order valence-corrected chi connectivity index (χ3v) is 4.64. The van der Waals surface area contributed by atoms with Crippen molar-refractivity contribution < 1.29 is 4.42 Å². The van der Waals surface area contributed by atoms with Gasteiger partial charge in [0, 0.05) is 16.2 Å². The van der Waals surface area contributed by atoms with Crippen LogP contribution in [0.5, 0.6) is 0 Å². The largest absolute Gasteiger partial charge is 0.455 e. The summed E-state index contributed by atoms with van der Waals surface area (Å²) in [5.74, 6) is 0. The zero-order valence-electron chi connectivity index (χ0n) is 11.6. The molecule has 0 spiro atoms. The van der Waals surface area contributed by atoms with E-state index in [2.05, 4.69) is 36.4 Å². The smallest absolute Gasteiger partial charge is 0.145 e. The maximum Gasteiger partial charge on any atom is 0.145 e. The van der Waals surface area contributed by atoms with E-state index in [1.807, 2.05) is 30.3 Å². The third-order valence-electron chi connectivity index (χ3n) is 4.32. The normalized spacial score (nSPS) is 11.9. The zero-order valence-corrected chi connectivity index (χ0v) is 12.4. The summed E-state index contributed by atoms with van der Waals surface area (Å²) in [6.07, 6.45) is 0. The molecule has 0 aliphatic heterocycles. The van der Waals surface area contributed by atoms with Crippen LogP contribution in [0.1, 0.15) is 0 Å². The number of hydrogen-bond donors (Lipinski definition) is 0. The molecule has 0 amide bonds. The molecule has 0 unspecified atom stereocenters. The molecule has 0 aliphatic rings. The van der Waals surface area contributed by atoms with Gasteiger partial charge in [-0.05, 0) is 28.3 Å². The van der Waals surface area contributed by atoms with Crippen molar-refractivity contribution in [2.45, 2.75) is 0 Å². The predicted octanol–water partition coefficient (Wildman–Crippen LogP) is 6.55. The summed E-state index contributed by atoms with van der Waals surface area (Å²) >= 11 is 6.50. The fraction of sp³-hybridized carbons (Fsp3) is 0. The van der Waals surface area contributed by atoms with Crippen LogP contribution in [0.25, 0.3) is 43.5 Å². The highest BCUT2D eigenvalue weighted by atomic mass is 35.5. The Bertz CT molecular complexity index is 1180. The quantitative estimate of drug-likeness (QED) is 0.296. The minimum absolute atomic E-state index is 0.729. The average molecular weight is 303 g/mol. The van der Waals surface area contributed by atoms with Crippen LogP contribution in [0, 0.1) is 0 Å². The topological polar surface area (TPSA) is 13.1 Å². The summed E-state index contributed by atoms with van der Waals surface area (Å²) in [4.78, 5) is 0. The molecule has 1 aromatic heterocycles. The van der Waals surface area contributed by atoms with Crippen molar-refractivity contribution in [2.24, 2.45) is 0 Å². The summed E-state index contributed by atoms with van der Waals surface area (Å²) in [6.45, 7) is 0. The van der Waals surface area contributed by atoms with Crippen LogP contribution in [0.3, 0.4) is 0 Å². The third kappa shape index (κ3) is 1.44. The molecule has 0 N–H and O–H groups in total. The highest BCUT2D eigenvalue weighted by Gasteiger charge is 2.16. The molecule has 5 rings (SSSR count). The van der Waals surface area contributed by atoms with Gasteiger partial charge in [-0.15, -0.1) is 0 Å². The first kappa shape index (κ1) is 12.1. The van der Waals surface area contributed by atoms with E-state index in [9.17, 15) is 0 Å². The predicted molar refractivity (Wildman–Crippen MR) is 93.7 cm³/mol. The molecule has 0 radical (unpaired) electrons. The van der Waals surface area contributed by atoms with Crippen molar-refractivity contribution in [3.8, 4) is 0 Å². The first-order chi connectivity index (χ1) is 10.8. The molecule has 0 bridgehead atoms. The van der Waals surface area contributed by atoms with E-state index < -0.39 is 0 Å². The molecular weight excluding hydrogens is 292 g/mol. The van der Waals surface area contributed by atoms with Gasteiger partial charge in [-0.25, -0.2) is 0 Å². The van der Waals surface area contributed by atoms with Gasteiger partial charge in [0.1, 0.15) is 11.2 Å². The van der Waals surface area contributed by atoms with Gasteiger partial charge >= 0.3 is 0 Å². The number of para-hydroxylation sites is 1. The average Bonchev–Trinajstić information content (AvgIpc) is 2.94. The Morgan fingerprint density at radius 3 is 2.09 bits per heavy atom. The minimum atomic E-state index is 0.729. The van der Waals surface area contributed by atoms with E-state index in [4.69, 9.17) is 16.0 Å². The molecular formula is C20H11ClO. The number of rotatable bonds is 0. The van der Waals surface area contributed by atoms with Crippen molar-refractivity contribution >= 4 is 55.1 Å². The van der Waals surface area contributed by atoms with E-state index in [0.29, 0.717) is 0 Å². The van der Waals surface area contributed by atoms with Gasteiger partial charge in [0.15, 0.2) is 0 Å². The van der Waals surface area contributed by atoms with Crippen LogP contribution in [-0.2, 0) is 0 Å². The maximum atomic E-state index is 6.50. The van der Waals surface area contributed by atoms with Gasteiger partial charge in [0.25, 0.3) is 0 Å². The first-order valence-corrected chi connectivity index (χ1v) is 7.62. The second-order valence-corrected chi connectivity index (χ2v) is 5.92. The van der Waals surface area contributed by atoms with E-state index in [0.717, 1.165) is 37.7 Å². The van der Waals surface area contributed by atoms with Crippen molar-refractivity contribution in [1.29, 1.82) is 0 Å². The van der Waals surface area contributed by atoms with Crippen LogP contribution >= 0.6 is 11.6 Å². The summed E-state index contributed by atoms with van der Waals surface area (Å²) in [6, 6.07) is 22.6. The Labute approximate surface area is 131 Å². The molecule has 4 aromatic carbocycles. The number of hydrogen-bond acceptors (Lipinski definition) is 1. The van der Waals surface area contributed by atoms with Crippen molar-refractivity contribution in [3.63, 3.8) is 0 Å². The van der Waals surface area contributed by atoms with Gasteiger partial charge in [0.05, 0.1) is 5.02 Å². The molecule has 1 heterocycles. The number of benzene rings is 4. The van der Waals surface area contributed by atoms with E-state index in [1.165, 1.54) is 10.8 Å². The fourth-order valence-corrected chi connectivity index (χ4v) is 3.66. The second-order valence-electron chi connectivity index (χ2n) is 5.51. The number of halogens is 1. The lowest BCUT2D eigenvalue weighted by Gasteiger charge is -2.07. The highest BCUT2D eigenvalue weighted by molar-refractivity contribution is 6.41. The van der Waals surface area contributed by atoms with E-state index >= 15 is 0 Å². The number of furan rings is 1. The van der Waals surface area contributed by atoms with E-state index in [-0.39, 0.29) is 0 Å². The van der Waals surface area contributed by atoms with E-state index in [1.54, 1.807) is 0 Å². The lowest BCUT2D eigenvalue weighted by atomic mass is 9.97. The summed E-state index contributed by atoms with van der Waals surface area (Å²) in [7, 11) is 0. The lowest BCUT2D eigenvalue weighted by molar-refractivity contribution is 0.673. The van der Waals surface area contributed by atoms with Gasteiger partial charge in [-0.2, -0.15) is 0 Å². The van der Waals surface area contributed by atoms with Crippen molar-refractivity contribution in [3.05, 3.63) is 71.8 Å². The molecule has 104 valence electrons. The Balaban J connectivity index is 2.26. The van der Waals surface area contributed by atoms with Crippen molar-refractivity contribution in [2.75, 3.05) is 0 Å². The van der Waals surface area contributed by atoms with Crippen LogP contribution in [-0.4, -0.2) is 0 Å². The summed E-state index contributed by atoms with van der Waals surface area (Å²) in [5.41, 5.74) is 1.77. The molecule has 0 atom stereocenters. The SMILES string of the molecule is Clc1cccc2c3ccccc3c3c4ccccc4oc3c12.